The fourth-order valence-corrected chi connectivity index (χ4v) is 7.86. The second-order valence-corrected chi connectivity index (χ2v) is 13.3. The van der Waals surface area contributed by atoms with Crippen LogP contribution in [0.5, 0.6) is 0 Å². The summed E-state index contributed by atoms with van der Waals surface area (Å²) in [5, 5.41) is 15.2. The highest BCUT2D eigenvalue weighted by Gasteiger charge is 2.39. The first-order valence-electron chi connectivity index (χ1n) is 18.1. The zero-order valence-corrected chi connectivity index (χ0v) is 29.7. The number of hydrogen-bond donors (Lipinski definition) is 1. The first kappa shape index (κ1) is 36.5. The molecule has 1 fully saturated rings. The highest BCUT2D eigenvalue weighted by molar-refractivity contribution is 5.61. The van der Waals surface area contributed by atoms with E-state index in [0.717, 1.165) is 106 Å². The third-order valence-electron chi connectivity index (χ3n) is 10.4. The van der Waals surface area contributed by atoms with Crippen molar-refractivity contribution in [2.75, 3.05) is 32.7 Å². The molecule has 0 aromatic heterocycles. The molecule has 0 radical (unpaired) electrons. The second-order valence-electron chi connectivity index (χ2n) is 13.3. The molecule has 2 heterocycles. The van der Waals surface area contributed by atoms with E-state index in [1.165, 1.54) is 23.3 Å². The molecule has 2 aliphatic heterocycles. The number of allylic oxidation sites excluding steroid dienone is 2. The molecule has 1 unspecified atom stereocenters. The van der Waals surface area contributed by atoms with E-state index < -0.39 is 10.8 Å². The van der Waals surface area contributed by atoms with Gasteiger partial charge in [0.05, 0.1) is 22.2 Å². The number of nitrogens with zero attached hydrogens (tertiary/aromatic N) is 4. The molecule has 1 saturated heterocycles. The topological polar surface area (TPSA) is 99.0 Å². The number of carbonyl (C=O) groups is 2. The smallest absolute Gasteiger partial charge is 0.269 e. The van der Waals surface area contributed by atoms with E-state index >= 15 is 0 Å². The summed E-state index contributed by atoms with van der Waals surface area (Å²) in [6, 6.07) is 28.2. The summed E-state index contributed by atoms with van der Waals surface area (Å²) in [5.74, 6) is -0.442. The molecule has 1 atom stereocenters. The van der Waals surface area contributed by atoms with Crippen LogP contribution in [0.15, 0.2) is 108 Å². The van der Waals surface area contributed by atoms with E-state index in [0.29, 0.717) is 13.1 Å². The summed E-state index contributed by atoms with van der Waals surface area (Å²) in [5.41, 5.74) is 7.04. The molecule has 0 bridgehead atoms. The predicted octanol–water partition coefficient (Wildman–Crippen LogP) is 7.71. The van der Waals surface area contributed by atoms with Gasteiger partial charge in [0.15, 0.2) is 0 Å². The average molecular weight is 678 g/mol. The van der Waals surface area contributed by atoms with Crippen molar-refractivity contribution in [1.82, 2.24) is 20.0 Å². The minimum Gasteiger partial charge on any atom is -0.359 e. The van der Waals surface area contributed by atoms with E-state index in [1.807, 2.05) is 11.8 Å². The summed E-state index contributed by atoms with van der Waals surface area (Å²) in [6.45, 7) is 9.89. The molecule has 3 aromatic carbocycles. The number of likely N-dealkylation sites (N-methyl/N-ethyl adjacent to an activating group) is 1. The van der Waals surface area contributed by atoms with Crippen LogP contribution in [0.3, 0.4) is 0 Å². The Morgan fingerprint density at radius 1 is 0.800 bits per heavy atom. The van der Waals surface area contributed by atoms with Crippen LogP contribution in [0, 0.1) is 10.1 Å². The van der Waals surface area contributed by atoms with Crippen LogP contribution < -0.4 is 5.32 Å². The largest absolute Gasteiger partial charge is 0.359 e. The molecule has 5 rings (SSSR count). The van der Waals surface area contributed by atoms with Crippen LogP contribution >= 0.6 is 0 Å². The fourth-order valence-electron chi connectivity index (χ4n) is 7.86. The third kappa shape index (κ3) is 7.83. The molecule has 264 valence electrons. The van der Waals surface area contributed by atoms with Gasteiger partial charge in [0.1, 0.15) is 0 Å². The van der Waals surface area contributed by atoms with Gasteiger partial charge in [-0.15, -0.1) is 0 Å². The van der Waals surface area contributed by atoms with Gasteiger partial charge in [-0.2, -0.15) is 0 Å². The van der Waals surface area contributed by atoms with Crippen LogP contribution in [0.2, 0.25) is 0 Å². The van der Waals surface area contributed by atoms with Crippen LogP contribution in [0.25, 0.3) is 0 Å². The number of hydrogen-bond acceptors (Lipinski definition) is 6. The van der Waals surface area contributed by atoms with E-state index in [1.54, 1.807) is 17.0 Å². The summed E-state index contributed by atoms with van der Waals surface area (Å²) in [4.78, 5) is 42.7. The highest BCUT2D eigenvalue weighted by Crippen LogP contribution is 2.44. The van der Waals surface area contributed by atoms with Crippen molar-refractivity contribution in [3.8, 4) is 0 Å². The van der Waals surface area contributed by atoms with Gasteiger partial charge in [0.2, 0.25) is 12.8 Å². The van der Waals surface area contributed by atoms with Gasteiger partial charge in [-0.05, 0) is 75.4 Å². The van der Waals surface area contributed by atoms with Crippen molar-refractivity contribution < 1.29 is 14.5 Å². The molecule has 0 aliphatic carbocycles. The lowest BCUT2D eigenvalue weighted by atomic mass is 9.68. The minimum absolute atomic E-state index is 0.00126. The number of dihydropyridines is 1. The molecular formula is C41H51N5O4. The Kier molecular flexibility index (Phi) is 12.6. The summed E-state index contributed by atoms with van der Waals surface area (Å²) in [6.07, 6.45) is 7.77. The first-order valence-corrected chi connectivity index (χ1v) is 18.1. The van der Waals surface area contributed by atoms with Crippen molar-refractivity contribution in [3.63, 3.8) is 0 Å². The second kappa shape index (κ2) is 17.3. The lowest BCUT2D eigenvalue weighted by Gasteiger charge is -2.43. The maximum Gasteiger partial charge on any atom is 0.269 e. The van der Waals surface area contributed by atoms with Crippen LogP contribution in [0.1, 0.15) is 88.3 Å². The van der Waals surface area contributed by atoms with E-state index in [2.05, 4.69) is 84.7 Å². The number of non-ortho nitro benzene ring substituents is 1. The lowest BCUT2D eigenvalue weighted by Crippen LogP contribution is -2.44. The predicted molar refractivity (Wildman–Crippen MR) is 198 cm³/mol. The van der Waals surface area contributed by atoms with Crippen molar-refractivity contribution in [2.24, 2.45) is 0 Å². The number of nitro groups is 1. The summed E-state index contributed by atoms with van der Waals surface area (Å²) in [7, 11) is 0. The maximum absolute atomic E-state index is 13.0. The van der Waals surface area contributed by atoms with Crippen molar-refractivity contribution in [3.05, 3.63) is 135 Å². The standard InChI is InChI=1S/C41H51N5O4/c1-4-14-36-39(44(6-3)30-47)38(32-20-22-35(23-21-32)46(49)50)40(37(42-36)15-5-2)45(31-48)27-13-26-43-28-24-41(25-29-43,33-16-9-7-10-17-33)34-18-11-8-12-19-34/h7-12,16-23,30-31,38,42H,4-6,13-15,24-29H2,1-3H3. The Morgan fingerprint density at radius 2 is 1.32 bits per heavy atom. The zero-order chi connectivity index (χ0) is 35.5. The molecule has 50 heavy (non-hydrogen) atoms. The Balaban J connectivity index is 1.40. The monoisotopic (exact) mass is 677 g/mol. The van der Waals surface area contributed by atoms with Crippen molar-refractivity contribution in [2.45, 2.75) is 77.0 Å². The molecule has 1 N–H and O–H groups in total. The number of carbonyl (C=O) groups excluding carboxylic acids is 2. The van der Waals surface area contributed by atoms with Crippen LogP contribution in [0.4, 0.5) is 5.69 Å². The van der Waals surface area contributed by atoms with Gasteiger partial charge in [0.25, 0.3) is 5.69 Å². The number of nitro benzene ring substituents is 1. The SMILES string of the molecule is CCCC1=C(N(C=O)CC)C(c2ccc([N+](=O)[O-])cc2)C(N(C=O)CCCN2CCC(c3ccccc3)(c3ccccc3)CC2)=C(CCC)N1. The van der Waals surface area contributed by atoms with Gasteiger partial charge in [-0.1, -0.05) is 99.5 Å². The Hall–Kier alpha value is -4.76. The number of benzene rings is 3. The molecule has 3 aromatic rings. The molecule has 9 nitrogen and oxygen atoms in total. The van der Waals surface area contributed by atoms with Crippen LogP contribution in [-0.4, -0.2) is 65.2 Å². The fraction of sp³-hybridized carbons (Fsp3) is 0.415. The number of likely N-dealkylation sites (tertiary alicyclic amines) is 1. The number of rotatable bonds is 17. The molecule has 2 aliphatic rings. The highest BCUT2D eigenvalue weighted by atomic mass is 16.6. The van der Waals surface area contributed by atoms with Crippen molar-refractivity contribution in [1.29, 1.82) is 0 Å². The molecule has 0 saturated carbocycles. The first-order chi connectivity index (χ1) is 24.4. The Labute approximate surface area is 296 Å². The zero-order valence-electron chi connectivity index (χ0n) is 29.7. The quantitative estimate of drug-likeness (QED) is 0.0893. The average Bonchev–Trinajstić information content (AvgIpc) is 3.16. The van der Waals surface area contributed by atoms with Gasteiger partial charge < -0.3 is 20.0 Å². The summed E-state index contributed by atoms with van der Waals surface area (Å²) < 4.78 is 0. The summed E-state index contributed by atoms with van der Waals surface area (Å²) >= 11 is 0. The molecule has 9 heteroatoms. The third-order valence-corrected chi connectivity index (χ3v) is 10.4. The molecule has 0 spiro atoms. The molecule has 2 amide bonds. The normalized spacial score (nSPS) is 17.6. The Bertz CT molecular complexity index is 1610. The molecular weight excluding hydrogens is 626 g/mol. The lowest BCUT2D eigenvalue weighted by molar-refractivity contribution is -0.384. The van der Waals surface area contributed by atoms with Crippen molar-refractivity contribution >= 4 is 18.5 Å². The Morgan fingerprint density at radius 3 is 1.78 bits per heavy atom. The minimum atomic E-state index is -0.442. The number of piperidine rings is 1. The van der Waals surface area contributed by atoms with E-state index in [9.17, 15) is 19.7 Å². The maximum atomic E-state index is 13.0. The number of amides is 2. The van der Waals surface area contributed by atoms with Gasteiger partial charge >= 0.3 is 0 Å². The van der Waals surface area contributed by atoms with E-state index in [-0.39, 0.29) is 11.1 Å². The van der Waals surface area contributed by atoms with Gasteiger partial charge in [-0.3, -0.25) is 19.7 Å². The van der Waals surface area contributed by atoms with Crippen LogP contribution in [-0.2, 0) is 15.0 Å². The van der Waals surface area contributed by atoms with E-state index in [4.69, 9.17) is 0 Å². The van der Waals surface area contributed by atoms with Gasteiger partial charge in [0, 0.05) is 42.0 Å². The van der Waals surface area contributed by atoms with Gasteiger partial charge in [-0.25, -0.2) is 0 Å². The number of nitrogens with one attached hydrogen (secondary N) is 1.